The Kier molecular flexibility index (Phi) is 4.28. The monoisotopic (exact) mass is 314 g/mol. The van der Waals surface area contributed by atoms with Crippen LogP contribution in [0, 0.1) is 20.8 Å². The summed E-state index contributed by atoms with van der Waals surface area (Å²) in [6.07, 6.45) is 6.04. The molecule has 2 aromatic rings. The Morgan fingerprint density at radius 3 is 2.74 bits per heavy atom. The Bertz CT molecular complexity index is 713. The molecule has 1 aliphatic rings. The molecule has 1 fully saturated rings. The molecule has 0 N–H and O–H groups in total. The normalized spacial score (nSPS) is 17.9. The van der Waals surface area contributed by atoms with E-state index in [0.29, 0.717) is 0 Å². The Labute approximate surface area is 137 Å². The zero-order valence-electron chi connectivity index (χ0n) is 14.5. The van der Waals surface area contributed by atoms with Crippen LogP contribution in [-0.4, -0.2) is 37.7 Å². The quantitative estimate of drug-likeness (QED) is 0.871. The second-order valence-corrected chi connectivity index (χ2v) is 6.56. The first-order valence-corrected chi connectivity index (χ1v) is 8.48. The van der Waals surface area contributed by atoms with E-state index < -0.39 is 0 Å². The zero-order valence-corrected chi connectivity index (χ0v) is 14.5. The van der Waals surface area contributed by atoms with Gasteiger partial charge in [0, 0.05) is 30.7 Å². The highest BCUT2D eigenvalue weighted by molar-refractivity contribution is 5.96. The molecule has 0 aromatic carbocycles. The van der Waals surface area contributed by atoms with E-state index in [1.165, 1.54) is 0 Å². The molecule has 0 bridgehead atoms. The number of carbonyl (C=O) groups is 1. The van der Waals surface area contributed by atoms with Crippen molar-refractivity contribution in [3.63, 3.8) is 0 Å². The van der Waals surface area contributed by atoms with E-state index in [4.69, 9.17) is 0 Å². The van der Waals surface area contributed by atoms with E-state index >= 15 is 0 Å². The zero-order chi connectivity index (χ0) is 16.6. The number of amides is 1. The Morgan fingerprint density at radius 1 is 1.35 bits per heavy atom. The molecular formula is C18H26N4O. The van der Waals surface area contributed by atoms with Crippen LogP contribution in [0.3, 0.4) is 0 Å². The second-order valence-electron chi connectivity index (χ2n) is 6.56. The SMILES string of the molecule is CCn1c(C)cc(C(=O)N2CCC[C@@H]2Cn2cc(C)cn2)c1C. The molecule has 5 heteroatoms. The van der Waals surface area contributed by atoms with Crippen LogP contribution in [0.4, 0.5) is 0 Å². The van der Waals surface area contributed by atoms with Gasteiger partial charge in [0.1, 0.15) is 0 Å². The maximum absolute atomic E-state index is 13.0. The number of aromatic nitrogens is 3. The topological polar surface area (TPSA) is 43.1 Å². The minimum atomic E-state index is 0.171. The Hall–Kier alpha value is -2.04. The molecule has 1 atom stereocenters. The third kappa shape index (κ3) is 2.92. The van der Waals surface area contributed by atoms with Gasteiger partial charge >= 0.3 is 0 Å². The summed E-state index contributed by atoms with van der Waals surface area (Å²) in [4.78, 5) is 15.1. The van der Waals surface area contributed by atoms with Gasteiger partial charge in [0.05, 0.1) is 24.3 Å². The molecule has 3 rings (SSSR count). The van der Waals surface area contributed by atoms with Crippen molar-refractivity contribution in [2.75, 3.05) is 6.54 Å². The lowest BCUT2D eigenvalue weighted by atomic mass is 10.1. The summed E-state index contributed by atoms with van der Waals surface area (Å²) >= 11 is 0. The predicted octanol–water partition coefficient (Wildman–Crippen LogP) is 2.93. The van der Waals surface area contributed by atoms with Gasteiger partial charge in [-0.05, 0) is 52.2 Å². The number of rotatable bonds is 4. The minimum Gasteiger partial charge on any atom is -0.349 e. The number of hydrogen-bond donors (Lipinski definition) is 0. The first-order valence-electron chi connectivity index (χ1n) is 8.48. The van der Waals surface area contributed by atoms with E-state index in [2.05, 4.69) is 23.5 Å². The lowest BCUT2D eigenvalue weighted by molar-refractivity contribution is 0.0721. The van der Waals surface area contributed by atoms with Crippen molar-refractivity contribution in [1.82, 2.24) is 19.2 Å². The first-order chi connectivity index (χ1) is 11.0. The second kappa shape index (κ2) is 6.22. The maximum atomic E-state index is 13.0. The molecule has 2 aromatic heterocycles. The van der Waals surface area contributed by atoms with E-state index in [-0.39, 0.29) is 11.9 Å². The van der Waals surface area contributed by atoms with Crippen molar-refractivity contribution in [2.24, 2.45) is 0 Å². The molecule has 124 valence electrons. The van der Waals surface area contributed by atoms with E-state index in [9.17, 15) is 4.79 Å². The van der Waals surface area contributed by atoms with E-state index in [0.717, 1.165) is 55.0 Å². The smallest absolute Gasteiger partial charge is 0.255 e. The van der Waals surface area contributed by atoms with Crippen molar-refractivity contribution < 1.29 is 4.79 Å². The van der Waals surface area contributed by atoms with Crippen LogP contribution in [0.1, 0.15) is 47.1 Å². The van der Waals surface area contributed by atoms with Crippen molar-refractivity contribution >= 4 is 5.91 Å². The first kappa shape index (κ1) is 15.8. The maximum Gasteiger partial charge on any atom is 0.255 e. The van der Waals surface area contributed by atoms with Crippen LogP contribution in [0.25, 0.3) is 0 Å². The summed E-state index contributed by atoms with van der Waals surface area (Å²) in [6, 6.07) is 2.28. The largest absolute Gasteiger partial charge is 0.349 e. The Balaban J connectivity index is 1.80. The van der Waals surface area contributed by atoms with Gasteiger partial charge in [0.2, 0.25) is 0 Å². The fourth-order valence-electron chi connectivity index (χ4n) is 3.73. The molecule has 3 heterocycles. The average Bonchev–Trinajstić information content (AvgIpc) is 3.20. The number of hydrogen-bond acceptors (Lipinski definition) is 2. The summed E-state index contributed by atoms with van der Waals surface area (Å²) in [5, 5.41) is 4.37. The van der Waals surface area contributed by atoms with Gasteiger partial charge < -0.3 is 9.47 Å². The van der Waals surface area contributed by atoms with Gasteiger partial charge in [0.25, 0.3) is 5.91 Å². The van der Waals surface area contributed by atoms with Gasteiger partial charge in [-0.1, -0.05) is 0 Å². The molecule has 1 amide bonds. The molecule has 1 aliphatic heterocycles. The standard InChI is InChI=1S/C18H26N4O/c1-5-21-14(3)9-17(15(21)4)18(23)22-8-6-7-16(22)12-20-11-13(2)10-19-20/h9-11,16H,5-8,12H2,1-4H3/t16-/m1/s1. The van der Waals surface area contributed by atoms with Gasteiger partial charge in [-0.2, -0.15) is 5.10 Å². The highest BCUT2D eigenvalue weighted by Crippen LogP contribution is 2.24. The fraction of sp³-hybridized carbons (Fsp3) is 0.556. The molecule has 0 radical (unpaired) electrons. The highest BCUT2D eigenvalue weighted by atomic mass is 16.2. The number of nitrogens with zero attached hydrogens (tertiary/aromatic N) is 4. The van der Waals surface area contributed by atoms with Crippen LogP contribution in [0.2, 0.25) is 0 Å². The van der Waals surface area contributed by atoms with Crippen LogP contribution < -0.4 is 0 Å². The van der Waals surface area contributed by atoms with Gasteiger partial charge in [-0.15, -0.1) is 0 Å². The number of aryl methyl sites for hydroxylation is 2. The summed E-state index contributed by atoms with van der Waals surface area (Å²) in [5.74, 6) is 0.171. The fourth-order valence-corrected chi connectivity index (χ4v) is 3.73. The Morgan fingerprint density at radius 2 is 2.13 bits per heavy atom. The summed E-state index contributed by atoms with van der Waals surface area (Å²) in [5.41, 5.74) is 4.25. The van der Waals surface area contributed by atoms with E-state index in [1.807, 2.05) is 41.9 Å². The lowest BCUT2D eigenvalue weighted by Gasteiger charge is -2.25. The lowest BCUT2D eigenvalue weighted by Crippen LogP contribution is -2.38. The highest BCUT2D eigenvalue weighted by Gasteiger charge is 2.31. The summed E-state index contributed by atoms with van der Waals surface area (Å²) < 4.78 is 4.16. The van der Waals surface area contributed by atoms with Gasteiger partial charge in [-0.25, -0.2) is 0 Å². The third-order valence-corrected chi connectivity index (χ3v) is 4.92. The molecule has 0 aliphatic carbocycles. The van der Waals surface area contributed by atoms with Crippen molar-refractivity contribution in [3.05, 3.63) is 41.0 Å². The third-order valence-electron chi connectivity index (χ3n) is 4.92. The predicted molar refractivity (Wildman–Crippen MR) is 90.6 cm³/mol. The average molecular weight is 314 g/mol. The van der Waals surface area contributed by atoms with E-state index in [1.54, 1.807) is 0 Å². The van der Waals surface area contributed by atoms with Crippen LogP contribution >= 0.6 is 0 Å². The molecule has 5 nitrogen and oxygen atoms in total. The minimum absolute atomic E-state index is 0.171. The number of likely N-dealkylation sites (tertiary alicyclic amines) is 1. The molecule has 0 spiro atoms. The molecule has 0 saturated carbocycles. The van der Waals surface area contributed by atoms with Crippen LogP contribution in [-0.2, 0) is 13.1 Å². The molecule has 23 heavy (non-hydrogen) atoms. The summed E-state index contributed by atoms with van der Waals surface area (Å²) in [7, 11) is 0. The van der Waals surface area contributed by atoms with Crippen LogP contribution in [0.5, 0.6) is 0 Å². The van der Waals surface area contributed by atoms with Crippen LogP contribution in [0.15, 0.2) is 18.5 Å². The molecule has 0 unspecified atom stereocenters. The number of carbonyl (C=O) groups excluding carboxylic acids is 1. The van der Waals surface area contributed by atoms with Crippen molar-refractivity contribution in [2.45, 2.75) is 59.7 Å². The molecular weight excluding hydrogens is 288 g/mol. The molecule has 1 saturated heterocycles. The van der Waals surface area contributed by atoms with Gasteiger partial charge in [-0.3, -0.25) is 9.48 Å². The van der Waals surface area contributed by atoms with Crippen molar-refractivity contribution in [1.29, 1.82) is 0 Å². The summed E-state index contributed by atoms with van der Waals surface area (Å²) in [6.45, 7) is 10.8. The van der Waals surface area contributed by atoms with Crippen molar-refractivity contribution in [3.8, 4) is 0 Å². The van der Waals surface area contributed by atoms with Gasteiger partial charge in [0.15, 0.2) is 0 Å².